The molecule has 0 unspecified atom stereocenters. The molecule has 2 aliphatic heterocycles. The van der Waals surface area contributed by atoms with Crippen LogP contribution in [0.2, 0.25) is 0 Å². The summed E-state index contributed by atoms with van der Waals surface area (Å²) >= 11 is 1.46. The number of benzene rings is 1. The number of hydrogen-bond acceptors (Lipinski definition) is 6. The first-order valence-electron chi connectivity index (χ1n) is 9.33. The molecule has 0 radical (unpaired) electrons. The number of nitrogens with zero attached hydrogens (tertiary/aromatic N) is 2. The summed E-state index contributed by atoms with van der Waals surface area (Å²) in [4.78, 5) is 30.9. The van der Waals surface area contributed by atoms with Gasteiger partial charge in [0.25, 0.3) is 11.8 Å². The van der Waals surface area contributed by atoms with Gasteiger partial charge in [-0.3, -0.25) is 9.59 Å². The third-order valence-corrected chi connectivity index (χ3v) is 5.51. The van der Waals surface area contributed by atoms with Crippen molar-refractivity contribution in [2.24, 2.45) is 0 Å². The number of thiophene rings is 1. The van der Waals surface area contributed by atoms with E-state index in [0.717, 1.165) is 4.88 Å². The third-order valence-electron chi connectivity index (χ3n) is 4.62. The van der Waals surface area contributed by atoms with E-state index in [1.54, 1.807) is 18.2 Å². The Bertz CT molecular complexity index is 914. The van der Waals surface area contributed by atoms with Crippen LogP contribution in [-0.4, -0.2) is 49.1 Å². The molecule has 0 N–H and O–H groups in total. The van der Waals surface area contributed by atoms with Crippen LogP contribution in [0.3, 0.4) is 0 Å². The van der Waals surface area contributed by atoms with E-state index in [-0.39, 0.29) is 17.9 Å². The van der Waals surface area contributed by atoms with E-state index in [1.807, 2.05) is 42.3 Å². The van der Waals surface area contributed by atoms with Crippen LogP contribution in [0.15, 0.2) is 47.5 Å². The molecule has 6 nitrogen and oxygen atoms in total. The molecule has 0 saturated carbocycles. The quantitative estimate of drug-likeness (QED) is 0.724. The molecule has 3 heterocycles. The summed E-state index contributed by atoms with van der Waals surface area (Å²) in [6.45, 7) is 6.08. The maximum atomic E-state index is 13.5. The molecule has 7 heteroatoms. The van der Waals surface area contributed by atoms with Crippen molar-refractivity contribution in [1.29, 1.82) is 0 Å². The molecule has 0 bridgehead atoms. The highest BCUT2D eigenvalue weighted by molar-refractivity contribution is 7.11. The summed E-state index contributed by atoms with van der Waals surface area (Å²) in [5.41, 5.74) is 1.39. The second kappa shape index (κ2) is 7.77. The number of carbonyl (C=O) groups is 2. The monoisotopic (exact) mass is 398 g/mol. The fourth-order valence-electron chi connectivity index (χ4n) is 3.46. The van der Waals surface area contributed by atoms with E-state index >= 15 is 0 Å². The summed E-state index contributed by atoms with van der Waals surface area (Å²) in [7, 11) is 0. The van der Waals surface area contributed by atoms with Gasteiger partial charge in [-0.1, -0.05) is 18.2 Å². The second-order valence-electron chi connectivity index (χ2n) is 6.88. The lowest BCUT2D eigenvalue weighted by atomic mass is 10.1. The number of para-hydroxylation sites is 2. The Hall–Kier alpha value is -2.64. The van der Waals surface area contributed by atoms with Crippen molar-refractivity contribution >= 4 is 34.4 Å². The molecule has 4 rings (SSSR count). The number of imide groups is 1. The Balaban J connectivity index is 1.79. The SMILES string of the molecule is CC(C)Oc1ccccc1N1C(=O)C(c2cccs2)=C(N2CCOCC2)C1=O. The van der Waals surface area contributed by atoms with E-state index in [0.29, 0.717) is 49.0 Å². The molecule has 146 valence electrons. The summed E-state index contributed by atoms with van der Waals surface area (Å²) in [5.74, 6) is -0.100. The van der Waals surface area contributed by atoms with Gasteiger partial charge in [-0.2, -0.15) is 0 Å². The fraction of sp³-hybridized carbons (Fsp3) is 0.333. The average molecular weight is 398 g/mol. The number of amides is 2. The minimum atomic E-state index is -0.311. The minimum absolute atomic E-state index is 0.0719. The van der Waals surface area contributed by atoms with Crippen LogP contribution in [0.25, 0.3) is 5.57 Å². The Labute approximate surface area is 168 Å². The molecule has 1 fully saturated rings. The molecular weight excluding hydrogens is 376 g/mol. The van der Waals surface area contributed by atoms with Gasteiger partial charge in [0, 0.05) is 18.0 Å². The maximum Gasteiger partial charge on any atom is 0.282 e. The summed E-state index contributed by atoms with van der Waals surface area (Å²) in [6, 6.07) is 10.9. The van der Waals surface area contributed by atoms with Crippen LogP contribution in [0.1, 0.15) is 18.7 Å². The number of ether oxygens (including phenoxy) is 2. The zero-order chi connectivity index (χ0) is 19.7. The van der Waals surface area contributed by atoms with E-state index in [2.05, 4.69) is 0 Å². The molecule has 0 spiro atoms. The van der Waals surface area contributed by atoms with Crippen LogP contribution < -0.4 is 9.64 Å². The standard InChI is InChI=1S/C21H22N2O4S/c1-14(2)27-16-7-4-3-6-15(16)23-20(24)18(17-8-5-13-28-17)19(21(23)25)22-9-11-26-12-10-22/h3-8,13-14H,9-12H2,1-2H3. The zero-order valence-corrected chi connectivity index (χ0v) is 16.7. The predicted octanol–water partition coefficient (Wildman–Crippen LogP) is 3.15. The predicted molar refractivity (Wildman–Crippen MR) is 108 cm³/mol. The van der Waals surface area contributed by atoms with Crippen molar-refractivity contribution in [2.45, 2.75) is 20.0 Å². The lowest BCUT2D eigenvalue weighted by Crippen LogP contribution is -2.40. The molecule has 0 aliphatic carbocycles. The van der Waals surface area contributed by atoms with Gasteiger partial charge in [-0.15, -0.1) is 11.3 Å². The van der Waals surface area contributed by atoms with Gasteiger partial charge in [0.1, 0.15) is 11.4 Å². The average Bonchev–Trinajstić information content (AvgIpc) is 3.29. The number of morpholine rings is 1. The Morgan fingerprint density at radius 3 is 2.46 bits per heavy atom. The first-order valence-corrected chi connectivity index (χ1v) is 10.2. The highest BCUT2D eigenvalue weighted by atomic mass is 32.1. The molecule has 2 amide bonds. The zero-order valence-electron chi connectivity index (χ0n) is 15.9. The van der Waals surface area contributed by atoms with Crippen molar-refractivity contribution in [2.75, 3.05) is 31.2 Å². The second-order valence-corrected chi connectivity index (χ2v) is 7.83. The highest BCUT2D eigenvalue weighted by Crippen LogP contribution is 2.40. The smallest absolute Gasteiger partial charge is 0.282 e. The van der Waals surface area contributed by atoms with Crippen LogP contribution in [0.5, 0.6) is 5.75 Å². The van der Waals surface area contributed by atoms with E-state index < -0.39 is 0 Å². The first-order chi connectivity index (χ1) is 13.6. The van der Waals surface area contributed by atoms with Gasteiger partial charge >= 0.3 is 0 Å². The number of rotatable bonds is 5. The highest BCUT2D eigenvalue weighted by Gasteiger charge is 2.44. The molecule has 2 aliphatic rings. The minimum Gasteiger partial charge on any atom is -0.489 e. The van der Waals surface area contributed by atoms with E-state index in [4.69, 9.17) is 9.47 Å². The lowest BCUT2D eigenvalue weighted by molar-refractivity contribution is -0.121. The molecule has 28 heavy (non-hydrogen) atoms. The van der Waals surface area contributed by atoms with Gasteiger partial charge in [0.05, 0.1) is 30.6 Å². The van der Waals surface area contributed by atoms with Crippen LogP contribution in [0.4, 0.5) is 5.69 Å². The number of hydrogen-bond donors (Lipinski definition) is 0. The van der Waals surface area contributed by atoms with Crippen LogP contribution in [0, 0.1) is 0 Å². The normalized spacial score (nSPS) is 17.8. The Morgan fingerprint density at radius 2 is 1.79 bits per heavy atom. The largest absolute Gasteiger partial charge is 0.489 e. The lowest BCUT2D eigenvalue weighted by Gasteiger charge is -2.29. The van der Waals surface area contributed by atoms with E-state index in [9.17, 15) is 9.59 Å². The van der Waals surface area contributed by atoms with Gasteiger partial charge < -0.3 is 14.4 Å². The molecule has 1 aromatic carbocycles. The molecule has 1 saturated heterocycles. The van der Waals surface area contributed by atoms with Crippen LogP contribution in [-0.2, 0) is 14.3 Å². The van der Waals surface area contributed by atoms with Crippen molar-refractivity contribution in [3.63, 3.8) is 0 Å². The van der Waals surface area contributed by atoms with Gasteiger partial charge in [-0.05, 0) is 37.4 Å². The van der Waals surface area contributed by atoms with Crippen molar-refractivity contribution in [3.05, 3.63) is 52.4 Å². The van der Waals surface area contributed by atoms with Gasteiger partial charge in [0.2, 0.25) is 0 Å². The topological polar surface area (TPSA) is 59.1 Å². The third kappa shape index (κ3) is 3.31. The molecule has 2 aromatic rings. The van der Waals surface area contributed by atoms with Gasteiger partial charge in [-0.25, -0.2) is 4.90 Å². The summed E-state index contributed by atoms with van der Waals surface area (Å²) < 4.78 is 11.3. The number of anilines is 1. The molecular formula is C21H22N2O4S. The van der Waals surface area contributed by atoms with Crippen molar-refractivity contribution in [1.82, 2.24) is 4.90 Å². The Morgan fingerprint density at radius 1 is 1.04 bits per heavy atom. The molecule has 1 aromatic heterocycles. The Kier molecular flexibility index (Phi) is 5.19. The van der Waals surface area contributed by atoms with Crippen molar-refractivity contribution < 1.29 is 19.1 Å². The fourth-order valence-corrected chi connectivity index (χ4v) is 4.22. The first kappa shape index (κ1) is 18.7. The summed E-state index contributed by atoms with van der Waals surface area (Å²) in [5, 5.41) is 1.91. The van der Waals surface area contributed by atoms with Gasteiger partial charge in [0.15, 0.2) is 0 Å². The number of carbonyl (C=O) groups excluding carboxylic acids is 2. The molecule has 0 atom stereocenters. The van der Waals surface area contributed by atoms with Crippen LogP contribution >= 0.6 is 11.3 Å². The maximum absolute atomic E-state index is 13.5. The summed E-state index contributed by atoms with van der Waals surface area (Å²) in [6.07, 6.45) is -0.0719. The van der Waals surface area contributed by atoms with E-state index in [1.165, 1.54) is 16.2 Å². The van der Waals surface area contributed by atoms with Crippen molar-refractivity contribution in [3.8, 4) is 5.75 Å².